The van der Waals surface area contributed by atoms with Gasteiger partial charge in [0.05, 0.1) is 47.3 Å². The number of nitrogens with zero attached hydrogens (tertiary/aromatic N) is 1. The average molecular weight is 752 g/mol. The smallest absolute Gasteiger partial charge is 0.416 e. The standard InChI is InChI=1S/C41H48F3N3O5S/c1-4-53(50,51)36-24-32-34(25-35(36)52-3)46-38(28-11-8-14-30(23-28)41(42,43)44)33(22-26(2)27-10-9-15-31(17-16-27)45-20-21-48)37(32)39(49)47-40(18-19-40)29-12-6-5-7-13-29/h5-8,11-14,23-27,31,45,48H,4,9-10,15-22H2,1-3H3,(H,47,49). The number of pyridine rings is 1. The van der Waals surface area contributed by atoms with E-state index < -0.39 is 33.0 Å². The number of hydrogen-bond acceptors (Lipinski definition) is 7. The van der Waals surface area contributed by atoms with E-state index in [1.165, 1.54) is 32.2 Å². The van der Waals surface area contributed by atoms with Crippen LogP contribution in [0.4, 0.5) is 13.2 Å². The van der Waals surface area contributed by atoms with Crippen LogP contribution in [0.15, 0.2) is 71.6 Å². The van der Waals surface area contributed by atoms with E-state index in [0.717, 1.165) is 49.8 Å². The second-order valence-corrected chi connectivity index (χ2v) is 16.8. The van der Waals surface area contributed by atoms with Gasteiger partial charge in [-0.2, -0.15) is 13.2 Å². The number of nitrogens with one attached hydrogen (secondary N) is 2. The molecule has 0 saturated heterocycles. The van der Waals surface area contributed by atoms with E-state index in [-0.39, 0.29) is 63.2 Å². The molecule has 1 heterocycles. The number of hydrogen-bond donors (Lipinski definition) is 3. The first kappa shape index (κ1) is 38.7. The summed E-state index contributed by atoms with van der Waals surface area (Å²) < 4.78 is 74.7. The van der Waals surface area contributed by atoms with E-state index in [0.29, 0.717) is 36.8 Å². The van der Waals surface area contributed by atoms with Crippen molar-refractivity contribution in [3.63, 3.8) is 0 Å². The molecule has 0 spiro atoms. The number of aliphatic hydroxyl groups excluding tert-OH is 1. The molecule has 0 aliphatic heterocycles. The van der Waals surface area contributed by atoms with Crippen molar-refractivity contribution in [1.29, 1.82) is 0 Å². The summed E-state index contributed by atoms with van der Waals surface area (Å²) in [6, 6.07) is 17.8. The molecule has 2 aliphatic rings. The van der Waals surface area contributed by atoms with Gasteiger partial charge < -0.3 is 20.5 Å². The van der Waals surface area contributed by atoms with Crippen molar-refractivity contribution in [1.82, 2.24) is 15.6 Å². The van der Waals surface area contributed by atoms with Gasteiger partial charge in [-0.05, 0) is 79.7 Å². The van der Waals surface area contributed by atoms with E-state index in [1.807, 2.05) is 30.3 Å². The van der Waals surface area contributed by atoms with Crippen LogP contribution in [0.1, 0.15) is 85.8 Å². The van der Waals surface area contributed by atoms with Crippen LogP contribution >= 0.6 is 0 Å². The Morgan fingerprint density at radius 3 is 2.45 bits per heavy atom. The molecule has 4 aromatic rings. The fraction of sp³-hybridized carbons (Fsp3) is 0.463. The highest BCUT2D eigenvalue weighted by Gasteiger charge is 2.46. The summed E-state index contributed by atoms with van der Waals surface area (Å²) >= 11 is 0. The Kier molecular flexibility index (Phi) is 11.5. The Balaban J connectivity index is 1.56. The van der Waals surface area contributed by atoms with Gasteiger partial charge in [-0.3, -0.25) is 4.79 Å². The lowest BCUT2D eigenvalue weighted by Crippen LogP contribution is -2.36. The molecular formula is C41H48F3N3O5S. The van der Waals surface area contributed by atoms with E-state index in [4.69, 9.17) is 9.72 Å². The second kappa shape index (κ2) is 15.8. The predicted octanol–water partition coefficient (Wildman–Crippen LogP) is 7.85. The van der Waals surface area contributed by atoms with Gasteiger partial charge in [0, 0.05) is 29.6 Å². The summed E-state index contributed by atoms with van der Waals surface area (Å²) in [5.41, 5.74) is 0.861. The first-order valence-electron chi connectivity index (χ1n) is 18.5. The molecular weight excluding hydrogens is 704 g/mol. The molecule has 0 bridgehead atoms. The zero-order chi connectivity index (χ0) is 38.0. The SMILES string of the molecule is CCS(=O)(=O)c1cc2c(C(=O)NC3(c4ccccc4)CC3)c(CC(C)C3CCCC(NCCO)CC3)c(-c3cccc(C(F)(F)F)c3)nc2cc1OC. The number of fused-ring (bicyclic) bond motifs is 1. The third-order valence-electron chi connectivity index (χ3n) is 11.1. The fourth-order valence-corrected chi connectivity index (χ4v) is 8.97. The van der Waals surface area contributed by atoms with Crippen LogP contribution in [0.2, 0.25) is 0 Å². The number of carbonyl (C=O) groups excluding carboxylic acids is 1. The number of ether oxygens (including phenoxy) is 1. The Labute approximate surface area is 309 Å². The number of halogens is 3. The third-order valence-corrected chi connectivity index (χ3v) is 12.8. The molecule has 1 aromatic heterocycles. The van der Waals surface area contributed by atoms with Crippen molar-refractivity contribution in [2.45, 2.75) is 87.9 Å². The molecule has 284 valence electrons. The Bertz CT molecular complexity index is 2050. The molecule has 3 N–H and O–H groups in total. The Morgan fingerprint density at radius 2 is 1.79 bits per heavy atom. The van der Waals surface area contributed by atoms with Gasteiger partial charge in [0.2, 0.25) is 0 Å². The maximum atomic E-state index is 14.9. The third kappa shape index (κ3) is 8.39. The first-order chi connectivity index (χ1) is 25.3. The number of sulfone groups is 1. The molecule has 2 saturated carbocycles. The highest BCUT2D eigenvalue weighted by Crippen LogP contribution is 2.47. The van der Waals surface area contributed by atoms with Gasteiger partial charge in [0.1, 0.15) is 10.6 Å². The highest BCUT2D eigenvalue weighted by molar-refractivity contribution is 7.91. The topological polar surface area (TPSA) is 118 Å². The number of rotatable bonds is 13. The number of carbonyl (C=O) groups is 1. The molecule has 2 aliphatic carbocycles. The number of methoxy groups -OCH3 is 1. The molecule has 3 atom stereocenters. The highest BCUT2D eigenvalue weighted by atomic mass is 32.2. The van der Waals surface area contributed by atoms with Crippen molar-refractivity contribution in [2.75, 3.05) is 26.0 Å². The molecule has 1 amide bonds. The monoisotopic (exact) mass is 751 g/mol. The molecule has 2 fully saturated rings. The molecule has 8 nitrogen and oxygen atoms in total. The molecule has 3 unspecified atom stereocenters. The van der Waals surface area contributed by atoms with Crippen molar-refractivity contribution in [2.24, 2.45) is 11.8 Å². The van der Waals surface area contributed by atoms with E-state index in [2.05, 4.69) is 17.6 Å². The molecule has 12 heteroatoms. The van der Waals surface area contributed by atoms with E-state index >= 15 is 0 Å². The number of amides is 1. The lowest BCUT2D eigenvalue weighted by molar-refractivity contribution is -0.137. The predicted molar refractivity (Wildman–Crippen MR) is 200 cm³/mol. The lowest BCUT2D eigenvalue weighted by atomic mass is 9.80. The summed E-state index contributed by atoms with van der Waals surface area (Å²) in [6.07, 6.45) is 1.83. The summed E-state index contributed by atoms with van der Waals surface area (Å²) in [7, 11) is -2.48. The van der Waals surface area contributed by atoms with Crippen molar-refractivity contribution < 1.29 is 36.2 Å². The molecule has 3 aromatic carbocycles. The Hall–Kier alpha value is -4.00. The van der Waals surface area contributed by atoms with Gasteiger partial charge in [0.25, 0.3) is 5.91 Å². The van der Waals surface area contributed by atoms with Gasteiger partial charge >= 0.3 is 6.18 Å². The quantitative estimate of drug-likeness (QED) is 0.119. The van der Waals surface area contributed by atoms with Crippen LogP contribution in [0.5, 0.6) is 5.75 Å². The largest absolute Gasteiger partial charge is 0.495 e. The average Bonchev–Trinajstić information content (AvgIpc) is 3.97. The van der Waals surface area contributed by atoms with E-state index in [1.54, 1.807) is 6.07 Å². The molecule has 6 rings (SSSR count). The fourth-order valence-electron chi connectivity index (χ4n) is 7.92. The zero-order valence-corrected chi connectivity index (χ0v) is 31.2. The Morgan fingerprint density at radius 1 is 1.04 bits per heavy atom. The number of aromatic nitrogens is 1. The minimum atomic E-state index is -4.61. The second-order valence-electron chi connectivity index (χ2n) is 14.5. The van der Waals surface area contributed by atoms with Gasteiger partial charge in [0.15, 0.2) is 9.84 Å². The number of aliphatic hydroxyl groups is 1. The van der Waals surface area contributed by atoms with Crippen LogP contribution in [-0.2, 0) is 28.0 Å². The van der Waals surface area contributed by atoms with E-state index in [9.17, 15) is 31.5 Å². The zero-order valence-electron chi connectivity index (χ0n) is 30.4. The first-order valence-corrected chi connectivity index (χ1v) is 20.1. The number of benzene rings is 3. The normalized spacial score (nSPS) is 19.4. The number of alkyl halides is 3. The van der Waals surface area contributed by atoms with Crippen LogP contribution in [0.25, 0.3) is 22.2 Å². The lowest BCUT2D eigenvalue weighted by Gasteiger charge is -2.27. The minimum Gasteiger partial charge on any atom is -0.495 e. The maximum absolute atomic E-state index is 14.9. The van der Waals surface area contributed by atoms with Crippen LogP contribution < -0.4 is 15.4 Å². The minimum absolute atomic E-state index is 0.00282. The summed E-state index contributed by atoms with van der Waals surface area (Å²) in [5.74, 6) is -0.345. The summed E-state index contributed by atoms with van der Waals surface area (Å²) in [5, 5.41) is 16.3. The summed E-state index contributed by atoms with van der Waals surface area (Å²) in [6.45, 7) is 4.23. The molecule has 53 heavy (non-hydrogen) atoms. The van der Waals surface area contributed by atoms with Crippen LogP contribution in [0, 0.1) is 11.8 Å². The molecule has 0 radical (unpaired) electrons. The van der Waals surface area contributed by atoms with Crippen molar-refractivity contribution in [3.05, 3.63) is 89.0 Å². The van der Waals surface area contributed by atoms with Crippen LogP contribution in [0.3, 0.4) is 0 Å². The van der Waals surface area contributed by atoms with Gasteiger partial charge in [-0.1, -0.05) is 69.2 Å². The maximum Gasteiger partial charge on any atom is 0.416 e. The van der Waals surface area contributed by atoms with Crippen LogP contribution in [-0.4, -0.2) is 56.5 Å². The van der Waals surface area contributed by atoms with Crippen molar-refractivity contribution in [3.8, 4) is 17.0 Å². The van der Waals surface area contributed by atoms with Crippen molar-refractivity contribution >= 4 is 26.6 Å². The van der Waals surface area contributed by atoms with Gasteiger partial charge in [-0.25, -0.2) is 13.4 Å². The van der Waals surface area contributed by atoms with Gasteiger partial charge in [-0.15, -0.1) is 0 Å². The summed E-state index contributed by atoms with van der Waals surface area (Å²) in [4.78, 5) is 19.8.